The maximum absolute atomic E-state index is 12.2. The van der Waals surface area contributed by atoms with Crippen molar-refractivity contribution in [2.75, 3.05) is 18.5 Å². The van der Waals surface area contributed by atoms with E-state index in [9.17, 15) is 4.79 Å². The summed E-state index contributed by atoms with van der Waals surface area (Å²) in [6.45, 7) is 3.75. The number of aryl methyl sites for hydroxylation is 1. The number of rotatable bonds is 5. The lowest BCUT2D eigenvalue weighted by molar-refractivity contribution is -0.111. The molecule has 3 heterocycles. The first-order chi connectivity index (χ1) is 13.7. The van der Waals surface area contributed by atoms with Crippen LogP contribution in [0.15, 0.2) is 55.1 Å². The van der Waals surface area contributed by atoms with Gasteiger partial charge in [-0.1, -0.05) is 29.8 Å². The Bertz CT molecular complexity index is 1030. The number of carbonyl (C=O) groups is 1. The van der Waals surface area contributed by atoms with Gasteiger partial charge in [-0.05, 0) is 30.2 Å². The predicted molar refractivity (Wildman–Crippen MR) is 105 cm³/mol. The van der Waals surface area contributed by atoms with Crippen molar-refractivity contribution in [2.45, 2.75) is 13.5 Å². The molecule has 0 aliphatic carbocycles. The van der Waals surface area contributed by atoms with Gasteiger partial charge in [0.25, 0.3) is 5.88 Å². The summed E-state index contributed by atoms with van der Waals surface area (Å²) < 4.78 is 12.8. The minimum absolute atomic E-state index is 0.268. The summed E-state index contributed by atoms with van der Waals surface area (Å²) >= 11 is 0. The molecule has 0 fully saturated rings. The monoisotopic (exact) mass is 376 g/mol. The predicted octanol–water partition coefficient (Wildman–Crippen LogP) is 3.06. The molecule has 142 valence electrons. The highest BCUT2D eigenvalue weighted by molar-refractivity contribution is 6.01. The molecule has 0 bridgehead atoms. The second-order valence-electron chi connectivity index (χ2n) is 6.51. The number of carbonyl (C=O) groups excluding carboxylic acids is 1. The van der Waals surface area contributed by atoms with Crippen molar-refractivity contribution in [3.63, 3.8) is 0 Å². The standard InChI is InChI=1S/C21H20N4O3/c1-15-3-2-4-17(9-15)12-25-13-19(23-14-25)24-20(26)6-5-16-10-18-21(22-11-16)28-8-7-27-18/h2-6,9-11,13-14H,7-8,12H2,1H3,(H,24,26)/b6-5+. The van der Waals surface area contributed by atoms with Crippen LogP contribution in [0.4, 0.5) is 5.82 Å². The third kappa shape index (κ3) is 4.37. The van der Waals surface area contributed by atoms with Gasteiger partial charge in [-0.25, -0.2) is 9.97 Å². The van der Waals surface area contributed by atoms with Crippen LogP contribution in [-0.2, 0) is 11.3 Å². The van der Waals surface area contributed by atoms with E-state index in [4.69, 9.17) is 9.47 Å². The van der Waals surface area contributed by atoms with Crippen LogP contribution >= 0.6 is 0 Å². The fraction of sp³-hybridized carbons (Fsp3) is 0.190. The van der Waals surface area contributed by atoms with Gasteiger partial charge in [0, 0.05) is 25.0 Å². The van der Waals surface area contributed by atoms with Gasteiger partial charge >= 0.3 is 0 Å². The zero-order chi connectivity index (χ0) is 19.3. The minimum atomic E-state index is -0.268. The van der Waals surface area contributed by atoms with Crippen LogP contribution in [-0.4, -0.2) is 33.7 Å². The molecule has 28 heavy (non-hydrogen) atoms. The number of imidazole rings is 1. The van der Waals surface area contributed by atoms with Gasteiger partial charge in [0.05, 0.1) is 6.33 Å². The zero-order valence-corrected chi connectivity index (χ0v) is 15.5. The molecule has 1 aliphatic heterocycles. The molecule has 1 amide bonds. The van der Waals surface area contributed by atoms with Crippen molar-refractivity contribution in [1.82, 2.24) is 14.5 Å². The van der Waals surface area contributed by atoms with Crippen molar-refractivity contribution in [3.8, 4) is 11.6 Å². The Morgan fingerprint density at radius 2 is 2.14 bits per heavy atom. The second-order valence-corrected chi connectivity index (χ2v) is 6.51. The van der Waals surface area contributed by atoms with Gasteiger partial charge in [0.15, 0.2) is 11.6 Å². The Hall–Kier alpha value is -3.61. The van der Waals surface area contributed by atoms with E-state index in [2.05, 4.69) is 40.4 Å². The maximum Gasteiger partial charge on any atom is 0.257 e. The molecule has 3 aromatic rings. The molecular formula is C21H20N4O3. The van der Waals surface area contributed by atoms with Crippen molar-refractivity contribution < 1.29 is 14.3 Å². The van der Waals surface area contributed by atoms with E-state index in [-0.39, 0.29) is 5.91 Å². The lowest BCUT2D eigenvalue weighted by atomic mass is 10.1. The number of hydrogen-bond acceptors (Lipinski definition) is 5. The van der Waals surface area contributed by atoms with Gasteiger partial charge in [0.2, 0.25) is 5.91 Å². The first-order valence-electron chi connectivity index (χ1n) is 8.98. The Kier molecular flexibility index (Phi) is 5.05. The maximum atomic E-state index is 12.2. The fourth-order valence-electron chi connectivity index (χ4n) is 2.91. The van der Waals surface area contributed by atoms with Crippen LogP contribution in [0, 0.1) is 6.92 Å². The number of anilines is 1. The van der Waals surface area contributed by atoms with Crippen LogP contribution in [0.2, 0.25) is 0 Å². The summed E-state index contributed by atoms with van der Waals surface area (Å²) in [5.41, 5.74) is 3.15. The first kappa shape index (κ1) is 17.8. The quantitative estimate of drug-likeness (QED) is 0.693. The van der Waals surface area contributed by atoms with Gasteiger partial charge in [-0.2, -0.15) is 0 Å². The van der Waals surface area contributed by atoms with Gasteiger partial charge < -0.3 is 19.4 Å². The largest absolute Gasteiger partial charge is 0.484 e. The molecule has 0 radical (unpaired) electrons. The third-order valence-electron chi connectivity index (χ3n) is 4.18. The number of aromatic nitrogens is 3. The normalized spacial score (nSPS) is 12.9. The molecule has 0 saturated heterocycles. The number of pyridine rings is 1. The Labute approximate surface area is 162 Å². The summed E-state index contributed by atoms with van der Waals surface area (Å²) in [5, 5.41) is 2.76. The molecule has 7 heteroatoms. The SMILES string of the molecule is Cc1cccc(Cn2cnc(NC(=O)/C=C/c3cnc4c(c3)OCCO4)c2)c1. The van der Waals surface area contributed by atoms with Gasteiger partial charge in [0.1, 0.15) is 13.2 Å². The summed E-state index contributed by atoms with van der Waals surface area (Å²) in [7, 11) is 0. The fourth-order valence-corrected chi connectivity index (χ4v) is 2.91. The lowest BCUT2D eigenvalue weighted by Gasteiger charge is -2.16. The molecule has 1 N–H and O–H groups in total. The molecule has 1 aliphatic rings. The van der Waals surface area contributed by atoms with Crippen LogP contribution in [0.5, 0.6) is 11.6 Å². The van der Waals surface area contributed by atoms with E-state index in [1.807, 2.05) is 10.6 Å². The lowest BCUT2D eigenvalue weighted by Crippen LogP contribution is -2.16. The Morgan fingerprint density at radius 1 is 1.25 bits per heavy atom. The number of amides is 1. The van der Waals surface area contributed by atoms with Crippen molar-refractivity contribution in [1.29, 1.82) is 0 Å². The minimum Gasteiger partial charge on any atom is -0.484 e. The van der Waals surface area contributed by atoms with Gasteiger partial charge in [-0.15, -0.1) is 0 Å². The number of hydrogen-bond donors (Lipinski definition) is 1. The van der Waals surface area contributed by atoms with E-state index >= 15 is 0 Å². The first-order valence-corrected chi connectivity index (χ1v) is 8.98. The highest BCUT2D eigenvalue weighted by Crippen LogP contribution is 2.28. The number of nitrogens with zero attached hydrogens (tertiary/aromatic N) is 3. The van der Waals surface area contributed by atoms with Crippen molar-refractivity contribution >= 4 is 17.8 Å². The molecule has 4 rings (SSSR count). The molecule has 0 spiro atoms. The molecule has 7 nitrogen and oxygen atoms in total. The van der Waals surface area contributed by atoms with E-state index < -0.39 is 0 Å². The summed E-state index contributed by atoms with van der Waals surface area (Å²) in [6.07, 6.45) is 8.25. The van der Waals surface area contributed by atoms with Crippen molar-refractivity contribution in [2.24, 2.45) is 0 Å². The van der Waals surface area contributed by atoms with Crippen LogP contribution < -0.4 is 14.8 Å². The topological polar surface area (TPSA) is 78.3 Å². The summed E-state index contributed by atoms with van der Waals surface area (Å²) in [4.78, 5) is 20.6. The average molecular weight is 376 g/mol. The molecular weight excluding hydrogens is 356 g/mol. The molecule has 0 atom stereocenters. The summed E-state index contributed by atoms with van der Waals surface area (Å²) in [6, 6.07) is 10.1. The Balaban J connectivity index is 1.36. The average Bonchev–Trinajstić information content (AvgIpc) is 3.13. The molecule has 1 aromatic carbocycles. The Morgan fingerprint density at radius 3 is 3.04 bits per heavy atom. The summed E-state index contributed by atoms with van der Waals surface area (Å²) in [5.74, 6) is 1.30. The molecule has 0 saturated carbocycles. The van der Waals surface area contributed by atoms with E-state index in [0.717, 1.165) is 5.56 Å². The van der Waals surface area contributed by atoms with Crippen LogP contribution in [0.25, 0.3) is 6.08 Å². The molecule has 2 aromatic heterocycles. The smallest absolute Gasteiger partial charge is 0.257 e. The number of fused-ring (bicyclic) bond motifs is 1. The van der Waals surface area contributed by atoms with Crippen molar-refractivity contribution in [3.05, 3.63) is 71.8 Å². The molecule has 0 unspecified atom stereocenters. The van der Waals surface area contributed by atoms with E-state index in [1.54, 1.807) is 30.9 Å². The zero-order valence-electron chi connectivity index (χ0n) is 15.5. The van der Waals surface area contributed by atoms with Gasteiger partial charge in [-0.3, -0.25) is 4.79 Å². The number of benzene rings is 1. The van der Waals surface area contributed by atoms with Crippen LogP contribution in [0.3, 0.4) is 0 Å². The van der Waals surface area contributed by atoms with E-state index in [0.29, 0.717) is 37.2 Å². The van der Waals surface area contributed by atoms with E-state index in [1.165, 1.54) is 17.2 Å². The third-order valence-corrected chi connectivity index (χ3v) is 4.18. The second kappa shape index (κ2) is 7.96. The highest BCUT2D eigenvalue weighted by Gasteiger charge is 2.12. The highest BCUT2D eigenvalue weighted by atomic mass is 16.6. The number of nitrogens with one attached hydrogen (secondary N) is 1. The number of ether oxygens (including phenoxy) is 2. The van der Waals surface area contributed by atoms with Crippen LogP contribution in [0.1, 0.15) is 16.7 Å².